The topological polar surface area (TPSA) is 100 Å². The number of nitrogens with zero attached hydrogens (tertiary/aromatic N) is 1. The van der Waals surface area contributed by atoms with Gasteiger partial charge in [0.25, 0.3) is 5.91 Å². The van der Waals surface area contributed by atoms with Crippen molar-refractivity contribution in [1.82, 2.24) is 14.6 Å². The summed E-state index contributed by atoms with van der Waals surface area (Å²) >= 11 is 0. The molecular weight excluding hydrogens is 294 g/mol. The summed E-state index contributed by atoms with van der Waals surface area (Å²) in [5.41, 5.74) is -0.849. The number of sulfonamides is 1. The van der Waals surface area contributed by atoms with Crippen molar-refractivity contribution in [3.05, 3.63) is 18.0 Å². The summed E-state index contributed by atoms with van der Waals surface area (Å²) in [5, 5.41) is 12.5. The van der Waals surface area contributed by atoms with Gasteiger partial charge in [-0.15, -0.1) is 0 Å². The van der Waals surface area contributed by atoms with Crippen LogP contribution in [0, 0.1) is 0 Å². The molecule has 0 aromatic carbocycles. The summed E-state index contributed by atoms with van der Waals surface area (Å²) in [5.74, 6) is -0.364. The van der Waals surface area contributed by atoms with Crippen LogP contribution in [0.15, 0.2) is 17.2 Å². The second kappa shape index (κ2) is 6.59. The van der Waals surface area contributed by atoms with E-state index in [0.717, 1.165) is 6.42 Å². The van der Waals surface area contributed by atoms with Gasteiger partial charge in [0, 0.05) is 26.8 Å². The lowest BCUT2D eigenvalue weighted by Gasteiger charge is -2.22. The normalized spacial score (nSPS) is 14.7. The first kappa shape index (κ1) is 17.7. The van der Waals surface area contributed by atoms with Crippen molar-refractivity contribution in [2.75, 3.05) is 13.6 Å². The van der Waals surface area contributed by atoms with E-state index in [0.29, 0.717) is 6.42 Å². The highest BCUT2D eigenvalue weighted by Gasteiger charge is 2.25. The molecule has 1 amide bonds. The monoisotopic (exact) mass is 317 g/mol. The minimum Gasteiger partial charge on any atom is -0.389 e. The minimum atomic E-state index is -3.77. The van der Waals surface area contributed by atoms with Gasteiger partial charge < -0.3 is 15.0 Å². The molecule has 0 aliphatic rings. The molecule has 0 saturated carbocycles. The van der Waals surface area contributed by atoms with Crippen molar-refractivity contribution in [3.63, 3.8) is 0 Å². The van der Waals surface area contributed by atoms with Gasteiger partial charge in [0.15, 0.2) is 0 Å². The third-order valence-electron chi connectivity index (χ3n) is 3.18. The predicted molar refractivity (Wildman–Crippen MR) is 79.5 cm³/mol. The minimum absolute atomic E-state index is 0.00380. The lowest BCUT2D eigenvalue weighted by atomic mass is 10.0. The molecule has 0 spiro atoms. The molecule has 21 heavy (non-hydrogen) atoms. The van der Waals surface area contributed by atoms with Crippen molar-refractivity contribution < 1.29 is 18.3 Å². The van der Waals surface area contributed by atoms with E-state index < -0.39 is 15.6 Å². The molecule has 120 valence electrons. The summed E-state index contributed by atoms with van der Waals surface area (Å²) in [6.07, 6.45) is 2.61. The molecule has 1 aromatic heterocycles. The number of carbonyl (C=O) groups is 1. The fourth-order valence-electron chi connectivity index (χ4n) is 2.00. The quantitative estimate of drug-likeness (QED) is 0.669. The molecule has 0 bridgehead atoms. The van der Waals surface area contributed by atoms with Crippen molar-refractivity contribution >= 4 is 15.9 Å². The standard InChI is InChI=1S/C13H23N3O4S/c1-5-6-13(2,18)9-15-21(19,20)10-7-11(12(17)14-3)16(4)8-10/h7-8,15,18H,5-6,9H2,1-4H3,(H,14,17). The zero-order valence-electron chi connectivity index (χ0n) is 12.8. The molecule has 1 aromatic rings. The second-order valence-electron chi connectivity index (χ2n) is 5.32. The smallest absolute Gasteiger partial charge is 0.267 e. The van der Waals surface area contributed by atoms with E-state index >= 15 is 0 Å². The van der Waals surface area contributed by atoms with Crippen LogP contribution in [-0.2, 0) is 17.1 Å². The second-order valence-corrected chi connectivity index (χ2v) is 7.09. The zero-order valence-corrected chi connectivity index (χ0v) is 13.6. The van der Waals surface area contributed by atoms with Crippen molar-refractivity contribution in [3.8, 4) is 0 Å². The molecule has 0 radical (unpaired) electrons. The molecule has 8 heteroatoms. The molecule has 1 heterocycles. The Labute approximate surface area is 125 Å². The Morgan fingerprint density at radius 1 is 1.48 bits per heavy atom. The summed E-state index contributed by atoms with van der Waals surface area (Å²) in [6, 6.07) is 1.30. The first-order chi connectivity index (χ1) is 9.63. The van der Waals surface area contributed by atoms with Crippen LogP contribution >= 0.6 is 0 Å². The number of carbonyl (C=O) groups excluding carboxylic acids is 1. The van der Waals surface area contributed by atoms with Gasteiger partial charge in [0.2, 0.25) is 10.0 Å². The van der Waals surface area contributed by atoms with E-state index in [-0.39, 0.29) is 23.0 Å². The van der Waals surface area contributed by atoms with E-state index in [4.69, 9.17) is 0 Å². The van der Waals surface area contributed by atoms with Gasteiger partial charge >= 0.3 is 0 Å². The molecule has 0 aliphatic carbocycles. The number of aromatic nitrogens is 1. The predicted octanol–water partition coefficient (Wildman–Crippen LogP) is 0.214. The van der Waals surface area contributed by atoms with Crippen molar-refractivity contribution in [2.45, 2.75) is 37.2 Å². The number of rotatable bonds is 7. The lowest BCUT2D eigenvalue weighted by Crippen LogP contribution is -2.40. The zero-order chi connectivity index (χ0) is 16.3. The number of amides is 1. The van der Waals surface area contributed by atoms with Gasteiger partial charge in [0.05, 0.1) is 5.60 Å². The maximum absolute atomic E-state index is 12.2. The molecule has 1 atom stereocenters. The van der Waals surface area contributed by atoms with Gasteiger partial charge in [-0.25, -0.2) is 13.1 Å². The molecule has 7 nitrogen and oxygen atoms in total. The maximum atomic E-state index is 12.2. The SMILES string of the molecule is CCCC(C)(O)CNS(=O)(=O)c1cc(C(=O)NC)n(C)c1. The van der Waals surface area contributed by atoms with E-state index in [2.05, 4.69) is 10.0 Å². The molecule has 0 saturated heterocycles. The van der Waals surface area contributed by atoms with E-state index in [1.54, 1.807) is 14.0 Å². The van der Waals surface area contributed by atoms with Gasteiger partial charge in [-0.05, 0) is 19.4 Å². The largest absolute Gasteiger partial charge is 0.389 e. The molecule has 3 N–H and O–H groups in total. The fourth-order valence-corrected chi connectivity index (χ4v) is 3.23. The fraction of sp³-hybridized carbons (Fsp3) is 0.615. The first-order valence-corrected chi connectivity index (χ1v) is 8.22. The average Bonchev–Trinajstić information content (AvgIpc) is 2.79. The summed E-state index contributed by atoms with van der Waals surface area (Å²) < 4.78 is 28.2. The number of aliphatic hydroxyl groups is 1. The first-order valence-electron chi connectivity index (χ1n) is 6.73. The molecule has 0 aliphatic heterocycles. The van der Waals surface area contributed by atoms with Crippen LogP contribution in [0.25, 0.3) is 0 Å². The van der Waals surface area contributed by atoms with Crippen molar-refractivity contribution in [1.29, 1.82) is 0 Å². The van der Waals surface area contributed by atoms with Crippen LogP contribution in [0.4, 0.5) is 0 Å². The van der Waals surface area contributed by atoms with Crippen LogP contribution in [0.2, 0.25) is 0 Å². The molecule has 1 rings (SSSR count). The van der Waals surface area contributed by atoms with Crippen molar-refractivity contribution in [2.24, 2.45) is 7.05 Å². The maximum Gasteiger partial charge on any atom is 0.267 e. The van der Waals surface area contributed by atoms with Crippen LogP contribution in [0.1, 0.15) is 37.2 Å². The highest BCUT2D eigenvalue weighted by atomic mass is 32.2. The molecular formula is C13H23N3O4S. The summed E-state index contributed by atoms with van der Waals surface area (Å²) in [6.45, 7) is 3.42. The molecule has 1 unspecified atom stereocenters. The Morgan fingerprint density at radius 2 is 2.10 bits per heavy atom. The van der Waals surface area contributed by atoms with Crippen LogP contribution in [0.5, 0.6) is 0 Å². The Kier molecular flexibility index (Phi) is 5.54. The van der Waals surface area contributed by atoms with Gasteiger partial charge in [0.1, 0.15) is 10.6 Å². The van der Waals surface area contributed by atoms with Crippen LogP contribution < -0.4 is 10.0 Å². The van der Waals surface area contributed by atoms with Crippen LogP contribution in [-0.4, -0.2) is 43.2 Å². The third kappa shape index (κ3) is 4.55. The van der Waals surface area contributed by atoms with E-state index in [9.17, 15) is 18.3 Å². The number of nitrogens with one attached hydrogen (secondary N) is 2. The van der Waals surface area contributed by atoms with Gasteiger partial charge in [-0.1, -0.05) is 13.3 Å². The Hall–Kier alpha value is -1.38. The lowest BCUT2D eigenvalue weighted by molar-refractivity contribution is 0.0554. The highest BCUT2D eigenvalue weighted by molar-refractivity contribution is 7.89. The van der Waals surface area contributed by atoms with Gasteiger partial charge in [-0.2, -0.15) is 0 Å². The Bertz CT molecular complexity index is 605. The number of hydrogen-bond donors (Lipinski definition) is 3. The Morgan fingerprint density at radius 3 is 2.62 bits per heavy atom. The number of aryl methyl sites for hydroxylation is 1. The Balaban J connectivity index is 2.92. The van der Waals surface area contributed by atoms with Crippen LogP contribution in [0.3, 0.4) is 0 Å². The third-order valence-corrected chi connectivity index (χ3v) is 4.55. The molecule has 0 fully saturated rings. The van der Waals surface area contributed by atoms with E-state index in [1.165, 1.54) is 23.9 Å². The summed E-state index contributed by atoms with van der Waals surface area (Å²) in [7, 11) is -0.696. The number of hydrogen-bond acceptors (Lipinski definition) is 4. The average molecular weight is 317 g/mol. The summed E-state index contributed by atoms with van der Waals surface area (Å²) in [4.78, 5) is 11.6. The van der Waals surface area contributed by atoms with Gasteiger partial charge in [-0.3, -0.25) is 4.79 Å². The highest BCUT2D eigenvalue weighted by Crippen LogP contribution is 2.15. The van der Waals surface area contributed by atoms with E-state index in [1.807, 2.05) is 6.92 Å².